The van der Waals surface area contributed by atoms with Crippen molar-refractivity contribution in [2.45, 2.75) is 70.6 Å². The summed E-state index contributed by atoms with van der Waals surface area (Å²) in [5.74, 6) is -9.06. The summed E-state index contributed by atoms with van der Waals surface area (Å²) in [4.78, 5) is 94.2. The molecule has 0 aromatic rings. The van der Waals surface area contributed by atoms with Crippen LogP contribution in [0.25, 0.3) is 0 Å². The van der Waals surface area contributed by atoms with E-state index in [4.69, 9.17) is 21.7 Å². The second-order valence-electron chi connectivity index (χ2n) is 8.22. The van der Waals surface area contributed by atoms with Crippen LogP contribution < -0.4 is 32.7 Å². The van der Waals surface area contributed by atoms with Gasteiger partial charge in [0.25, 0.3) is 0 Å². The Hall–Kier alpha value is -4.24. The van der Waals surface area contributed by atoms with Gasteiger partial charge in [0.2, 0.25) is 35.4 Å². The second-order valence-corrected chi connectivity index (χ2v) is 8.22. The first-order valence-corrected chi connectivity index (χ1v) is 10.7. The number of carbonyl (C=O) groups is 8. The average Bonchev–Trinajstić information content (AvgIpc) is 2.71. The van der Waals surface area contributed by atoms with Gasteiger partial charge in [-0.2, -0.15) is 0 Å². The molecule has 6 amide bonds. The summed E-state index contributed by atoms with van der Waals surface area (Å²) in [5.41, 5.74) is 10.2. The van der Waals surface area contributed by atoms with Crippen molar-refractivity contribution in [1.82, 2.24) is 21.3 Å². The minimum atomic E-state index is -1.77. The molecule has 10 N–H and O–H groups in total. The number of carboxylic acids is 2. The fraction of sp³-hybridized carbons (Fsp3) is 0.600. The number of aliphatic carboxylic acids is 2. The Morgan fingerprint density at radius 2 is 1.22 bits per heavy atom. The third-order valence-corrected chi connectivity index (χ3v) is 4.65. The van der Waals surface area contributed by atoms with Gasteiger partial charge in [-0.05, 0) is 12.3 Å². The Morgan fingerprint density at radius 3 is 1.64 bits per heavy atom. The highest BCUT2D eigenvalue weighted by Gasteiger charge is 2.33. The standard InChI is InChI=1S/C20H32N6O10/c1-8(2)16(19(34)25-12(20(35)36)7-15(30)31)26-17(32)10(4-5-13(21)28)24-18(33)11(6-14(22)29)23-9(3)27/h8,10-12,16H,4-7H2,1-3H3,(H2,21,28)(H2,22,29)(H,23,27)(H,24,33)(H,25,34)(H,26,32)(H,30,31)(H,35,36)/t10-,11-,12-,16-/m0/s1. The van der Waals surface area contributed by atoms with Gasteiger partial charge in [0, 0.05) is 13.3 Å². The number of amides is 6. The molecule has 16 heteroatoms. The summed E-state index contributed by atoms with van der Waals surface area (Å²) in [5, 5.41) is 26.8. The lowest BCUT2D eigenvalue weighted by atomic mass is 10.0. The van der Waals surface area contributed by atoms with E-state index in [0.717, 1.165) is 6.92 Å². The van der Waals surface area contributed by atoms with Crippen LogP contribution in [0.15, 0.2) is 0 Å². The van der Waals surface area contributed by atoms with Gasteiger partial charge in [0.15, 0.2) is 0 Å². The van der Waals surface area contributed by atoms with Gasteiger partial charge in [-0.1, -0.05) is 13.8 Å². The van der Waals surface area contributed by atoms with Crippen LogP contribution in [-0.2, 0) is 38.4 Å². The van der Waals surface area contributed by atoms with Gasteiger partial charge in [0.05, 0.1) is 12.8 Å². The number of nitrogens with one attached hydrogen (secondary N) is 4. The molecule has 202 valence electrons. The Labute approximate surface area is 205 Å². The quantitative estimate of drug-likeness (QED) is 0.0993. The van der Waals surface area contributed by atoms with Crippen LogP contribution in [0.3, 0.4) is 0 Å². The van der Waals surface area contributed by atoms with Crippen LogP contribution >= 0.6 is 0 Å². The molecule has 0 aliphatic carbocycles. The van der Waals surface area contributed by atoms with Crippen molar-refractivity contribution in [1.29, 1.82) is 0 Å². The lowest BCUT2D eigenvalue weighted by Crippen LogP contribution is -2.59. The molecule has 0 aliphatic rings. The molecule has 0 unspecified atom stereocenters. The van der Waals surface area contributed by atoms with Crippen molar-refractivity contribution in [3.8, 4) is 0 Å². The zero-order valence-corrected chi connectivity index (χ0v) is 20.0. The van der Waals surface area contributed by atoms with Crippen molar-refractivity contribution in [3.05, 3.63) is 0 Å². The highest BCUT2D eigenvalue weighted by Crippen LogP contribution is 2.07. The Balaban J connectivity index is 5.74. The Morgan fingerprint density at radius 1 is 0.694 bits per heavy atom. The molecule has 0 bridgehead atoms. The number of hydrogen-bond donors (Lipinski definition) is 8. The summed E-state index contributed by atoms with van der Waals surface area (Å²) in [7, 11) is 0. The fourth-order valence-corrected chi connectivity index (χ4v) is 2.91. The molecule has 0 rings (SSSR count). The smallest absolute Gasteiger partial charge is 0.326 e. The van der Waals surface area contributed by atoms with E-state index in [1.165, 1.54) is 13.8 Å². The molecule has 16 nitrogen and oxygen atoms in total. The van der Waals surface area contributed by atoms with Crippen molar-refractivity contribution in [3.63, 3.8) is 0 Å². The van der Waals surface area contributed by atoms with Crippen LogP contribution in [0, 0.1) is 5.92 Å². The molecular weight excluding hydrogens is 484 g/mol. The van der Waals surface area contributed by atoms with E-state index in [9.17, 15) is 38.4 Å². The Bertz CT molecular complexity index is 874. The molecule has 0 fully saturated rings. The summed E-state index contributed by atoms with van der Waals surface area (Å²) in [6.07, 6.45) is -2.19. The molecule has 0 heterocycles. The van der Waals surface area contributed by atoms with E-state index in [1.807, 2.05) is 5.32 Å². The SMILES string of the molecule is CC(=O)N[C@@H](CC(N)=O)C(=O)N[C@@H](CCC(N)=O)C(=O)N[C@H](C(=O)N[C@@H](CC(=O)O)C(=O)O)C(C)C. The maximum atomic E-state index is 12.9. The third kappa shape index (κ3) is 12.3. The largest absolute Gasteiger partial charge is 0.481 e. The number of carbonyl (C=O) groups excluding carboxylic acids is 6. The van der Waals surface area contributed by atoms with Crippen LogP contribution in [0.4, 0.5) is 0 Å². The van der Waals surface area contributed by atoms with E-state index in [2.05, 4.69) is 16.0 Å². The van der Waals surface area contributed by atoms with Gasteiger partial charge in [-0.3, -0.25) is 33.6 Å². The van der Waals surface area contributed by atoms with Gasteiger partial charge >= 0.3 is 11.9 Å². The summed E-state index contributed by atoms with van der Waals surface area (Å²) in [6.45, 7) is 4.10. The molecule has 0 saturated carbocycles. The number of primary amides is 2. The fourth-order valence-electron chi connectivity index (χ4n) is 2.91. The van der Waals surface area contributed by atoms with Crippen molar-refractivity contribution in [2.75, 3.05) is 0 Å². The van der Waals surface area contributed by atoms with Crippen LogP contribution in [0.1, 0.15) is 46.5 Å². The van der Waals surface area contributed by atoms with E-state index < -0.39 is 90.3 Å². The van der Waals surface area contributed by atoms with Gasteiger partial charge in [0.1, 0.15) is 24.2 Å². The van der Waals surface area contributed by atoms with E-state index in [0.29, 0.717) is 0 Å². The maximum Gasteiger partial charge on any atom is 0.326 e. The predicted octanol–water partition coefficient (Wildman–Crippen LogP) is -3.70. The van der Waals surface area contributed by atoms with Crippen molar-refractivity contribution in [2.24, 2.45) is 17.4 Å². The zero-order chi connectivity index (χ0) is 28.2. The predicted molar refractivity (Wildman–Crippen MR) is 120 cm³/mol. The second kappa shape index (κ2) is 14.9. The summed E-state index contributed by atoms with van der Waals surface area (Å²) in [6, 6.07) is -6.03. The van der Waals surface area contributed by atoms with Gasteiger partial charge < -0.3 is 42.9 Å². The maximum absolute atomic E-state index is 12.9. The van der Waals surface area contributed by atoms with E-state index in [1.54, 1.807) is 0 Å². The molecule has 0 spiro atoms. The van der Waals surface area contributed by atoms with Gasteiger partial charge in [-0.15, -0.1) is 0 Å². The molecule has 0 radical (unpaired) electrons. The first kappa shape index (κ1) is 31.8. The molecular formula is C20H32N6O10. The normalized spacial score (nSPS) is 13.9. The van der Waals surface area contributed by atoms with Crippen molar-refractivity contribution >= 4 is 47.4 Å². The highest BCUT2D eigenvalue weighted by atomic mass is 16.4. The molecule has 0 aromatic heterocycles. The molecule has 0 aromatic carbocycles. The minimum absolute atomic E-state index is 0.320. The molecule has 4 atom stereocenters. The minimum Gasteiger partial charge on any atom is -0.481 e. The zero-order valence-electron chi connectivity index (χ0n) is 20.0. The Kier molecular flexibility index (Phi) is 13.1. The first-order chi connectivity index (χ1) is 16.5. The highest BCUT2D eigenvalue weighted by molar-refractivity contribution is 5.96. The van der Waals surface area contributed by atoms with Crippen LogP contribution in [0.2, 0.25) is 0 Å². The molecule has 36 heavy (non-hydrogen) atoms. The van der Waals surface area contributed by atoms with Gasteiger partial charge in [-0.25, -0.2) is 4.79 Å². The number of nitrogens with two attached hydrogens (primary N) is 2. The third-order valence-electron chi connectivity index (χ3n) is 4.65. The lowest BCUT2D eigenvalue weighted by molar-refractivity contribution is -0.147. The number of rotatable bonds is 16. The topological polar surface area (TPSA) is 277 Å². The van der Waals surface area contributed by atoms with Crippen LogP contribution in [-0.4, -0.2) is 81.8 Å². The average molecular weight is 517 g/mol. The first-order valence-electron chi connectivity index (χ1n) is 10.7. The summed E-state index contributed by atoms with van der Waals surface area (Å²) < 4.78 is 0. The molecule has 0 aliphatic heterocycles. The van der Waals surface area contributed by atoms with E-state index >= 15 is 0 Å². The number of carboxylic acid groups (broad SMARTS) is 2. The van der Waals surface area contributed by atoms with E-state index in [-0.39, 0.29) is 12.8 Å². The monoisotopic (exact) mass is 516 g/mol. The van der Waals surface area contributed by atoms with Crippen LogP contribution in [0.5, 0.6) is 0 Å². The molecule has 0 saturated heterocycles. The summed E-state index contributed by atoms with van der Waals surface area (Å²) >= 11 is 0. The number of hydrogen-bond acceptors (Lipinski definition) is 8. The lowest BCUT2D eigenvalue weighted by Gasteiger charge is -2.27. The van der Waals surface area contributed by atoms with Crippen molar-refractivity contribution < 1.29 is 48.6 Å².